The summed E-state index contributed by atoms with van der Waals surface area (Å²) in [7, 11) is 0. The molecule has 2 aromatic carbocycles. The van der Waals surface area contributed by atoms with Gasteiger partial charge in [-0.1, -0.05) is 35.0 Å². The van der Waals surface area contributed by atoms with Gasteiger partial charge < -0.3 is 4.90 Å². The van der Waals surface area contributed by atoms with E-state index < -0.39 is 0 Å². The molecule has 2 aromatic rings. The number of fused-ring (bicyclic) bond motifs is 1. The zero-order valence-electron chi connectivity index (χ0n) is 20.1. The fourth-order valence-electron chi connectivity index (χ4n) is 5.30. The van der Waals surface area contributed by atoms with Gasteiger partial charge in [-0.3, -0.25) is 14.5 Å². The van der Waals surface area contributed by atoms with Crippen LogP contribution < -0.4 is 4.90 Å². The first kappa shape index (κ1) is 24.1. The Kier molecular flexibility index (Phi) is 6.53. The fourth-order valence-corrected chi connectivity index (χ4v) is 6.39. The van der Waals surface area contributed by atoms with E-state index in [1.807, 2.05) is 30.3 Å². The molecule has 0 bridgehead atoms. The van der Waals surface area contributed by atoms with Gasteiger partial charge in [0, 0.05) is 21.7 Å². The highest BCUT2D eigenvalue weighted by molar-refractivity contribution is 9.10. The zero-order valence-corrected chi connectivity index (χ0v) is 22.5. The van der Waals surface area contributed by atoms with Crippen LogP contribution in [-0.2, 0) is 11.3 Å². The van der Waals surface area contributed by atoms with Crippen molar-refractivity contribution in [2.75, 3.05) is 4.90 Å². The average Bonchev–Trinajstić information content (AvgIpc) is 2.97. The van der Waals surface area contributed by atoms with Crippen LogP contribution in [0, 0.1) is 6.92 Å². The van der Waals surface area contributed by atoms with Gasteiger partial charge in [0.25, 0.3) is 11.1 Å². The van der Waals surface area contributed by atoms with Crippen LogP contribution >= 0.6 is 27.7 Å². The van der Waals surface area contributed by atoms with E-state index in [1.165, 1.54) is 16.2 Å². The van der Waals surface area contributed by atoms with Gasteiger partial charge in [-0.25, -0.2) is 0 Å². The first-order chi connectivity index (χ1) is 15.5. The second-order valence-electron chi connectivity index (χ2n) is 10.0. The summed E-state index contributed by atoms with van der Waals surface area (Å²) in [5, 5.41) is -0.217. The molecule has 4 nitrogen and oxygen atoms in total. The highest BCUT2D eigenvalue weighted by Crippen LogP contribution is 2.46. The van der Waals surface area contributed by atoms with Gasteiger partial charge in [0.1, 0.15) is 0 Å². The Bertz CT molecular complexity index is 1140. The molecule has 0 spiro atoms. The summed E-state index contributed by atoms with van der Waals surface area (Å²) >= 11 is 4.45. The van der Waals surface area contributed by atoms with Crippen LogP contribution in [0.15, 0.2) is 45.8 Å². The van der Waals surface area contributed by atoms with E-state index in [0.29, 0.717) is 16.9 Å². The molecule has 2 amide bonds. The molecule has 2 aliphatic heterocycles. The van der Waals surface area contributed by atoms with E-state index >= 15 is 0 Å². The van der Waals surface area contributed by atoms with Crippen molar-refractivity contribution < 1.29 is 9.59 Å². The number of nitrogens with zero attached hydrogens (tertiary/aromatic N) is 2. The van der Waals surface area contributed by atoms with E-state index in [1.54, 1.807) is 0 Å². The monoisotopic (exact) mass is 526 g/mol. The minimum Gasteiger partial charge on any atom is -0.364 e. The van der Waals surface area contributed by atoms with E-state index in [0.717, 1.165) is 39.3 Å². The van der Waals surface area contributed by atoms with Crippen molar-refractivity contribution in [3.63, 3.8) is 0 Å². The number of benzene rings is 2. The maximum Gasteiger partial charge on any atom is 0.293 e. The van der Waals surface area contributed by atoms with Crippen LogP contribution in [0.1, 0.15) is 69.2 Å². The number of thioether (sulfide) groups is 1. The fraction of sp³-hybridized carbons (Fsp3) is 0.407. The number of imide groups is 1. The van der Waals surface area contributed by atoms with Crippen molar-refractivity contribution in [1.29, 1.82) is 0 Å². The van der Waals surface area contributed by atoms with E-state index in [2.05, 4.69) is 74.5 Å². The number of carbonyl (C=O) groups is 2. The van der Waals surface area contributed by atoms with Gasteiger partial charge in [0.15, 0.2) is 0 Å². The SMILES string of the molecule is Cc1cc2c(cc1/C=C1\SC(=O)N(Cc3ccc(Br)cc3)C1=O)C(C)CC(C)(C)N2C(C)C. The topological polar surface area (TPSA) is 40.6 Å². The molecule has 174 valence electrons. The van der Waals surface area contributed by atoms with E-state index in [9.17, 15) is 9.59 Å². The molecule has 6 heteroatoms. The van der Waals surface area contributed by atoms with Gasteiger partial charge in [-0.05, 0) is 111 Å². The number of carbonyl (C=O) groups excluding carboxylic acids is 2. The first-order valence-corrected chi connectivity index (χ1v) is 13.0. The molecule has 0 saturated carbocycles. The van der Waals surface area contributed by atoms with Crippen molar-refractivity contribution in [3.05, 3.63) is 68.0 Å². The van der Waals surface area contributed by atoms with Gasteiger partial charge >= 0.3 is 0 Å². The smallest absolute Gasteiger partial charge is 0.293 e. The third kappa shape index (κ3) is 4.65. The Labute approximate surface area is 209 Å². The first-order valence-electron chi connectivity index (χ1n) is 11.4. The number of rotatable bonds is 4. The summed E-state index contributed by atoms with van der Waals surface area (Å²) in [6.07, 6.45) is 2.97. The third-order valence-electron chi connectivity index (χ3n) is 6.59. The molecule has 4 rings (SSSR count). The number of hydrogen-bond donors (Lipinski definition) is 0. The van der Waals surface area contributed by atoms with Crippen molar-refractivity contribution in [1.82, 2.24) is 4.90 Å². The maximum absolute atomic E-state index is 13.1. The van der Waals surface area contributed by atoms with Crippen LogP contribution in [0.2, 0.25) is 0 Å². The summed E-state index contributed by atoms with van der Waals surface area (Å²) in [4.78, 5) is 30.0. The molecule has 0 aromatic heterocycles. The van der Waals surface area contributed by atoms with Crippen molar-refractivity contribution in [3.8, 4) is 0 Å². The predicted octanol–water partition coefficient (Wildman–Crippen LogP) is 7.49. The molecule has 1 unspecified atom stereocenters. The molecular formula is C27H31BrN2O2S. The number of aryl methyl sites for hydroxylation is 1. The lowest BCUT2D eigenvalue weighted by atomic mass is 9.78. The van der Waals surface area contributed by atoms with Crippen LogP contribution in [0.5, 0.6) is 0 Å². The summed E-state index contributed by atoms with van der Waals surface area (Å²) in [6.45, 7) is 13.8. The van der Waals surface area contributed by atoms with Crippen molar-refractivity contribution >= 4 is 50.6 Å². The highest BCUT2D eigenvalue weighted by atomic mass is 79.9. The van der Waals surface area contributed by atoms with Gasteiger partial charge in [0.2, 0.25) is 0 Å². The minimum atomic E-state index is -0.219. The van der Waals surface area contributed by atoms with Crippen molar-refractivity contribution in [2.45, 2.75) is 72.0 Å². The maximum atomic E-state index is 13.1. The Morgan fingerprint density at radius 3 is 2.48 bits per heavy atom. The molecular weight excluding hydrogens is 496 g/mol. The normalized spacial score (nSPS) is 21.3. The summed E-state index contributed by atoms with van der Waals surface area (Å²) in [6, 6.07) is 12.6. The number of amides is 2. The molecule has 33 heavy (non-hydrogen) atoms. The molecule has 0 N–H and O–H groups in total. The molecule has 0 aliphatic carbocycles. The second-order valence-corrected chi connectivity index (χ2v) is 12.0. The lowest BCUT2D eigenvalue weighted by Crippen LogP contribution is -2.51. The Balaban J connectivity index is 1.66. The number of anilines is 1. The van der Waals surface area contributed by atoms with Crippen LogP contribution in [0.4, 0.5) is 10.5 Å². The summed E-state index contributed by atoms with van der Waals surface area (Å²) in [5.41, 5.74) is 5.74. The third-order valence-corrected chi connectivity index (χ3v) is 8.03. The van der Waals surface area contributed by atoms with E-state index in [-0.39, 0.29) is 23.2 Å². The van der Waals surface area contributed by atoms with Crippen molar-refractivity contribution in [2.24, 2.45) is 0 Å². The Morgan fingerprint density at radius 1 is 1.18 bits per heavy atom. The quantitative estimate of drug-likeness (QED) is 0.386. The molecule has 1 saturated heterocycles. The predicted molar refractivity (Wildman–Crippen MR) is 142 cm³/mol. The van der Waals surface area contributed by atoms with Gasteiger partial charge in [0.05, 0.1) is 11.4 Å². The van der Waals surface area contributed by atoms with Crippen LogP contribution in [0.3, 0.4) is 0 Å². The van der Waals surface area contributed by atoms with Crippen LogP contribution in [0.25, 0.3) is 6.08 Å². The Hall–Kier alpha value is -2.05. The zero-order chi connectivity index (χ0) is 24.1. The minimum absolute atomic E-state index is 0.0875. The molecule has 2 aliphatic rings. The molecule has 1 fully saturated rings. The van der Waals surface area contributed by atoms with Crippen LogP contribution in [-0.4, -0.2) is 27.6 Å². The summed E-state index contributed by atoms with van der Waals surface area (Å²) < 4.78 is 0.969. The molecule has 1 atom stereocenters. The summed E-state index contributed by atoms with van der Waals surface area (Å²) in [5.74, 6) is 0.202. The van der Waals surface area contributed by atoms with Gasteiger partial charge in [-0.2, -0.15) is 0 Å². The molecule has 0 radical (unpaired) electrons. The number of hydrogen-bond acceptors (Lipinski definition) is 4. The van der Waals surface area contributed by atoms with E-state index in [4.69, 9.17) is 0 Å². The average molecular weight is 528 g/mol. The number of halogens is 1. The largest absolute Gasteiger partial charge is 0.364 e. The lowest BCUT2D eigenvalue weighted by Gasteiger charge is -2.50. The second kappa shape index (κ2) is 8.95. The molecule has 2 heterocycles. The van der Waals surface area contributed by atoms with Gasteiger partial charge in [-0.15, -0.1) is 0 Å². The highest BCUT2D eigenvalue weighted by Gasteiger charge is 2.38. The standard InChI is InChI=1S/C27H31BrN2O2S/c1-16(2)30-23-11-17(3)20(12-22(23)18(4)14-27(30,5)6)13-24-25(31)29(26(32)33-24)15-19-7-9-21(28)10-8-19/h7-13,16,18H,14-15H2,1-6H3/b24-13-. The Morgan fingerprint density at radius 2 is 1.85 bits per heavy atom. The lowest BCUT2D eigenvalue weighted by molar-refractivity contribution is -0.123.